The van der Waals surface area contributed by atoms with E-state index in [4.69, 9.17) is 27.3 Å². The first kappa shape index (κ1) is 12.8. The third kappa shape index (κ3) is 4.09. The molecule has 0 fully saturated rings. The van der Waals surface area contributed by atoms with E-state index in [2.05, 4.69) is 6.07 Å². The zero-order valence-electron chi connectivity index (χ0n) is 9.08. The van der Waals surface area contributed by atoms with Crippen molar-refractivity contribution < 1.29 is 4.74 Å². The quantitative estimate of drug-likeness (QED) is 0.776. The van der Waals surface area contributed by atoms with Crippen LogP contribution in [0.25, 0.3) is 0 Å². The largest absolute Gasteiger partial charge is 0.493 e. The van der Waals surface area contributed by atoms with E-state index in [1.807, 2.05) is 12.1 Å². The topological polar surface area (TPSA) is 59.0 Å². The molecular weight excluding hydrogens is 224 g/mol. The van der Waals surface area contributed by atoms with E-state index in [1.165, 1.54) is 0 Å². The van der Waals surface area contributed by atoms with Crippen LogP contribution in [0.3, 0.4) is 0 Å². The lowest BCUT2D eigenvalue weighted by atomic mass is 10.2. The summed E-state index contributed by atoms with van der Waals surface area (Å²) in [5, 5.41) is 9.04. The first-order chi connectivity index (χ1) is 7.77. The van der Waals surface area contributed by atoms with Gasteiger partial charge in [-0.25, -0.2) is 0 Å². The molecule has 0 atom stereocenters. The molecule has 1 aromatic rings. The highest BCUT2D eigenvalue weighted by atomic mass is 35.5. The third-order valence-corrected chi connectivity index (χ3v) is 2.42. The summed E-state index contributed by atoms with van der Waals surface area (Å²) in [7, 11) is 0. The van der Waals surface area contributed by atoms with Gasteiger partial charge in [-0.05, 0) is 31.0 Å². The molecule has 3 nitrogen and oxygen atoms in total. The van der Waals surface area contributed by atoms with Crippen molar-refractivity contribution in [3.05, 3.63) is 28.8 Å². The Morgan fingerprint density at radius 3 is 2.88 bits per heavy atom. The average molecular weight is 239 g/mol. The first-order valence-corrected chi connectivity index (χ1v) is 5.64. The molecule has 0 aliphatic rings. The molecule has 0 unspecified atom stereocenters. The van der Waals surface area contributed by atoms with Gasteiger partial charge in [0.2, 0.25) is 0 Å². The summed E-state index contributed by atoms with van der Waals surface area (Å²) in [6.45, 7) is 1.02. The lowest BCUT2D eigenvalue weighted by Crippen LogP contribution is -2.03. The molecule has 0 aliphatic carbocycles. The molecule has 0 amide bonds. The number of nitriles is 1. The van der Waals surface area contributed by atoms with Gasteiger partial charge in [-0.1, -0.05) is 11.6 Å². The molecule has 0 aliphatic heterocycles. The molecule has 4 heteroatoms. The molecule has 86 valence electrons. The maximum atomic E-state index is 8.37. The Hall–Kier alpha value is -1.24. The van der Waals surface area contributed by atoms with Crippen LogP contribution >= 0.6 is 11.6 Å². The van der Waals surface area contributed by atoms with Gasteiger partial charge in [-0.2, -0.15) is 5.26 Å². The van der Waals surface area contributed by atoms with Gasteiger partial charge in [0.1, 0.15) is 5.75 Å². The average Bonchev–Trinajstić information content (AvgIpc) is 2.30. The Bertz CT molecular complexity index is 374. The number of hydrogen-bond donors (Lipinski definition) is 1. The Kier molecular flexibility index (Phi) is 5.69. The van der Waals surface area contributed by atoms with E-state index in [0.29, 0.717) is 24.6 Å². The lowest BCUT2D eigenvalue weighted by molar-refractivity contribution is 0.304. The fourth-order valence-electron chi connectivity index (χ4n) is 1.34. The van der Waals surface area contributed by atoms with Gasteiger partial charge in [0.25, 0.3) is 0 Å². The van der Waals surface area contributed by atoms with Gasteiger partial charge in [0.15, 0.2) is 0 Å². The van der Waals surface area contributed by atoms with Crippen molar-refractivity contribution in [3.63, 3.8) is 0 Å². The predicted molar refractivity (Wildman–Crippen MR) is 64.3 cm³/mol. The van der Waals surface area contributed by atoms with Crippen molar-refractivity contribution in [2.24, 2.45) is 5.73 Å². The van der Waals surface area contributed by atoms with Gasteiger partial charge >= 0.3 is 0 Å². The second-order valence-corrected chi connectivity index (χ2v) is 3.86. The number of ether oxygens (including phenoxy) is 1. The van der Waals surface area contributed by atoms with E-state index in [1.54, 1.807) is 6.07 Å². The highest BCUT2D eigenvalue weighted by molar-refractivity contribution is 6.30. The molecule has 0 aromatic heterocycles. The Balaban J connectivity index is 2.44. The number of hydrogen-bond acceptors (Lipinski definition) is 3. The number of unbranched alkanes of at least 4 members (excludes halogenated alkanes) is 2. The van der Waals surface area contributed by atoms with Crippen molar-refractivity contribution >= 4 is 11.6 Å². The summed E-state index contributed by atoms with van der Waals surface area (Å²) in [5.41, 5.74) is 6.50. The van der Waals surface area contributed by atoms with Crippen molar-refractivity contribution in [2.45, 2.75) is 25.8 Å². The highest BCUT2D eigenvalue weighted by Crippen LogP contribution is 2.22. The number of rotatable bonds is 6. The van der Waals surface area contributed by atoms with E-state index < -0.39 is 0 Å². The van der Waals surface area contributed by atoms with E-state index in [9.17, 15) is 0 Å². The van der Waals surface area contributed by atoms with Gasteiger partial charge in [-0.3, -0.25) is 0 Å². The van der Waals surface area contributed by atoms with Gasteiger partial charge in [-0.15, -0.1) is 0 Å². The molecule has 0 saturated heterocycles. The summed E-state index contributed by atoms with van der Waals surface area (Å²) in [5.74, 6) is 0.781. The number of nitrogens with zero attached hydrogens (tertiary/aromatic N) is 1. The lowest BCUT2D eigenvalue weighted by Gasteiger charge is -2.10. The minimum absolute atomic E-state index is 0.411. The summed E-state index contributed by atoms with van der Waals surface area (Å²) >= 11 is 5.85. The van der Waals surface area contributed by atoms with E-state index >= 15 is 0 Å². The monoisotopic (exact) mass is 238 g/mol. The maximum absolute atomic E-state index is 8.37. The standard InChI is InChI=1S/C12H15ClN2O/c13-11-4-5-12(10(8-11)9-15)16-7-3-1-2-6-14/h4-5,8H,1-3,7,9,15H2. The van der Waals surface area contributed by atoms with Gasteiger partial charge in [0, 0.05) is 23.6 Å². The molecule has 0 radical (unpaired) electrons. The van der Waals surface area contributed by atoms with E-state index in [-0.39, 0.29) is 0 Å². The molecular formula is C12H15ClN2O. The van der Waals surface area contributed by atoms with Crippen LogP contribution < -0.4 is 10.5 Å². The van der Waals surface area contributed by atoms with Crippen LogP contribution in [0.15, 0.2) is 18.2 Å². The van der Waals surface area contributed by atoms with Crippen LogP contribution in [-0.4, -0.2) is 6.61 Å². The SMILES string of the molecule is N#CCCCCOc1ccc(Cl)cc1CN. The zero-order chi connectivity index (χ0) is 11.8. The predicted octanol–water partition coefficient (Wildman–Crippen LogP) is 2.87. The molecule has 16 heavy (non-hydrogen) atoms. The summed E-state index contributed by atoms with van der Waals surface area (Å²) in [6, 6.07) is 7.53. The van der Waals surface area contributed by atoms with Crippen molar-refractivity contribution in [1.82, 2.24) is 0 Å². The molecule has 0 spiro atoms. The summed E-state index contributed by atoms with van der Waals surface area (Å²) < 4.78 is 5.58. The minimum atomic E-state index is 0.411. The molecule has 0 heterocycles. The molecule has 1 rings (SSSR count). The normalized spacial score (nSPS) is 9.81. The zero-order valence-corrected chi connectivity index (χ0v) is 9.83. The Labute approximate surface area is 101 Å². The fraction of sp³-hybridized carbons (Fsp3) is 0.417. The first-order valence-electron chi connectivity index (χ1n) is 5.26. The summed E-state index contributed by atoms with van der Waals surface area (Å²) in [6.07, 6.45) is 2.32. The van der Waals surface area contributed by atoms with Crippen LogP contribution in [0.2, 0.25) is 5.02 Å². The minimum Gasteiger partial charge on any atom is -0.493 e. The smallest absolute Gasteiger partial charge is 0.123 e. The maximum Gasteiger partial charge on any atom is 0.123 e. The number of nitrogens with two attached hydrogens (primary N) is 1. The Morgan fingerprint density at radius 2 is 2.19 bits per heavy atom. The van der Waals surface area contributed by atoms with Crippen molar-refractivity contribution in [3.8, 4) is 11.8 Å². The fourth-order valence-corrected chi connectivity index (χ4v) is 1.53. The summed E-state index contributed by atoms with van der Waals surface area (Å²) in [4.78, 5) is 0. The van der Waals surface area contributed by atoms with Crippen LogP contribution in [0.4, 0.5) is 0 Å². The third-order valence-electron chi connectivity index (χ3n) is 2.18. The molecule has 0 bridgehead atoms. The van der Waals surface area contributed by atoms with E-state index in [0.717, 1.165) is 24.2 Å². The Morgan fingerprint density at radius 1 is 1.38 bits per heavy atom. The van der Waals surface area contributed by atoms with Crippen LogP contribution in [0, 0.1) is 11.3 Å². The second kappa shape index (κ2) is 7.10. The van der Waals surface area contributed by atoms with Gasteiger partial charge in [0.05, 0.1) is 12.7 Å². The second-order valence-electron chi connectivity index (χ2n) is 3.42. The number of benzene rings is 1. The van der Waals surface area contributed by atoms with Gasteiger partial charge < -0.3 is 10.5 Å². The van der Waals surface area contributed by atoms with Crippen LogP contribution in [0.5, 0.6) is 5.75 Å². The van der Waals surface area contributed by atoms with Crippen molar-refractivity contribution in [1.29, 1.82) is 5.26 Å². The number of halogens is 1. The van der Waals surface area contributed by atoms with Crippen LogP contribution in [0.1, 0.15) is 24.8 Å². The molecule has 2 N–H and O–H groups in total. The van der Waals surface area contributed by atoms with Crippen molar-refractivity contribution in [2.75, 3.05) is 6.61 Å². The molecule has 0 saturated carbocycles. The van der Waals surface area contributed by atoms with Crippen LogP contribution in [-0.2, 0) is 6.54 Å². The molecule has 1 aromatic carbocycles. The highest BCUT2D eigenvalue weighted by Gasteiger charge is 2.02.